The molecule has 1 amide bonds. The van der Waals surface area contributed by atoms with Crippen LogP contribution in [0.15, 0.2) is 40.9 Å². The van der Waals surface area contributed by atoms with Crippen molar-refractivity contribution in [2.24, 2.45) is 11.8 Å². The molecule has 5 heteroatoms. The molecule has 0 saturated carbocycles. The maximum atomic E-state index is 13.1. The maximum absolute atomic E-state index is 13.1. The Bertz CT molecular complexity index is 725. The first-order chi connectivity index (χ1) is 11.6. The fourth-order valence-corrected chi connectivity index (χ4v) is 4.01. The van der Waals surface area contributed by atoms with E-state index in [1.807, 2.05) is 36.9 Å². The van der Waals surface area contributed by atoms with Gasteiger partial charge in [0.2, 0.25) is 5.76 Å². The summed E-state index contributed by atoms with van der Waals surface area (Å²) in [6.45, 7) is 6.80. The number of hydrogen-bond acceptors (Lipinski definition) is 4. The zero-order valence-electron chi connectivity index (χ0n) is 14.1. The van der Waals surface area contributed by atoms with Crippen molar-refractivity contribution >= 4 is 5.91 Å². The Labute approximate surface area is 142 Å². The molecule has 0 spiro atoms. The number of nitrogens with one attached hydrogen (secondary N) is 1. The minimum Gasteiger partial charge on any atom is -0.351 e. The molecule has 1 N–H and O–H groups in total. The smallest absolute Gasteiger partial charge is 0.293 e. The van der Waals surface area contributed by atoms with Crippen molar-refractivity contribution in [2.75, 3.05) is 19.6 Å². The topological polar surface area (TPSA) is 58.4 Å². The summed E-state index contributed by atoms with van der Waals surface area (Å²) in [5, 5.41) is 7.51. The molecule has 2 aliphatic heterocycles. The highest BCUT2D eigenvalue weighted by Crippen LogP contribution is 2.43. The SMILES string of the molecule is CC(C)c1cc(C(=O)N2C[C@@H]3CNC[C@@H]3[C@H]2c2ccccc2)on1. The minimum absolute atomic E-state index is 0.0438. The van der Waals surface area contributed by atoms with Gasteiger partial charge in [-0.1, -0.05) is 49.3 Å². The Hall–Kier alpha value is -2.14. The van der Waals surface area contributed by atoms with Gasteiger partial charge in [0.1, 0.15) is 0 Å². The van der Waals surface area contributed by atoms with Gasteiger partial charge >= 0.3 is 0 Å². The van der Waals surface area contributed by atoms with E-state index in [-0.39, 0.29) is 17.9 Å². The summed E-state index contributed by atoms with van der Waals surface area (Å²) >= 11 is 0. The Morgan fingerprint density at radius 1 is 1.29 bits per heavy atom. The molecule has 1 aromatic heterocycles. The van der Waals surface area contributed by atoms with Gasteiger partial charge in [0, 0.05) is 31.6 Å². The molecular weight excluding hydrogens is 302 g/mol. The Balaban J connectivity index is 1.66. The van der Waals surface area contributed by atoms with E-state index in [1.165, 1.54) is 5.56 Å². The first-order valence-corrected chi connectivity index (χ1v) is 8.68. The normalized spacial score (nSPS) is 26.1. The number of nitrogens with zero attached hydrogens (tertiary/aromatic N) is 2. The summed E-state index contributed by atoms with van der Waals surface area (Å²) in [5.41, 5.74) is 2.03. The molecule has 0 radical (unpaired) electrons. The summed E-state index contributed by atoms with van der Waals surface area (Å²) in [6, 6.07) is 12.2. The molecular formula is C19H23N3O2. The second kappa shape index (κ2) is 6.06. The molecule has 1 aromatic carbocycles. The zero-order valence-corrected chi connectivity index (χ0v) is 14.1. The van der Waals surface area contributed by atoms with Crippen LogP contribution in [0.25, 0.3) is 0 Å². The highest BCUT2D eigenvalue weighted by Gasteiger charge is 2.47. The Kier molecular flexibility index (Phi) is 3.88. The van der Waals surface area contributed by atoms with Gasteiger partial charge in [-0.15, -0.1) is 0 Å². The second-order valence-corrected chi connectivity index (χ2v) is 7.17. The lowest BCUT2D eigenvalue weighted by atomic mass is 9.89. The van der Waals surface area contributed by atoms with Crippen LogP contribution in [-0.4, -0.2) is 35.6 Å². The lowest BCUT2D eigenvalue weighted by Gasteiger charge is -2.27. The predicted molar refractivity (Wildman–Crippen MR) is 90.7 cm³/mol. The van der Waals surface area contributed by atoms with Crippen LogP contribution in [0.5, 0.6) is 0 Å². The van der Waals surface area contributed by atoms with E-state index in [0.717, 1.165) is 25.3 Å². The summed E-state index contributed by atoms with van der Waals surface area (Å²) in [4.78, 5) is 15.1. The minimum atomic E-state index is -0.0438. The third-order valence-electron chi connectivity index (χ3n) is 5.30. The van der Waals surface area contributed by atoms with Crippen molar-refractivity contribution in [3.63, 3.8) is 0 Å². The van der Waals surface area contributed by atoms with Crippen LogP contribution in [0.2, 0.25) is 0 Å². The zero-order chi connectivity index (χ0) is 16.7. The summed E-state index contributed by atoms with van der Waals surface area (Å²) in [6.07, 6.45) is 0. The highest BCUT2D eigenvalue weighted by atomic mass is 16.5. The average Bonchev–Trinajstić information content (AvgIpc) is 3.30. The lowest BCUT2D eigenvalue weighted by Crippen LogP contribution is -2.34. The van der Waals surface area contributed by atoms with Crippen LogP contribution in [0.3, 0.4) is 0 Å². The molecule has 126 valence electrons. The van der Waals surface area contributed by atoms with E-state index in [1.54, 1.807) is 6.07 Å². The van der Waals surface area contributed by atoms with Gasteiger partial charge in [-0.3, -0.25) is 4.79 Å². The molecule has 3 atom stereocenters. The summed E-state index contributed by atoms with van der Waals surface area (Å²) < 4.78 is 5.35. The molecule has 2 aliphatic rings. The van der Waals surface area contributed by atoms with E-state index < -0.39 is 0 Å². The van der Waals surface area contributed by atoms with Gasteiger partial charge in [0.05, 0.1) is 11.7 Å². The van der Waals surface area contributed by atoms with Gasteiger partial charge in [-0.2, -0.15) is 0 Å². The molecule has 2 fully saturated rings. The van der Waals surface area contributed by atoms with Crippen LogP contribution in [0, 0.1) is 11.8 Å². The molecule has 2 aromatic rings. The number of rotatable bonds is 3. The van der Waals surface area contributed by atoms with Crippen LogP contribution in [0.1, 0.15) is 47.6 Å². The molecule has 5 nitrogen and oxygen atoms in total. The monoisotopic (exact) mass is 325 g/mol. The summed E-state index contributed by atoms with van der Waals surface area (Å²) in [7, 11) is 0. The third kappa shape index (κ3) is 2.53. The van der Waals surface area contributed by atoms with Crippen molar-refractivity contribution in [1.29, 1.82) is 0 Å². The highest BCUT2D eigenvalue weighted by molar-refractivity contribution is 5.92. The van der Waals surface area contributed by atoms with Crippen LogP contribution in [-0.2, 0) is 0 Å². The number of hydrogen-bond donors (Lipinski definition) is 1. The van der Waals surface area contributed by atoms with E-state index in [9.17, 15) is 4.79 Å². The molecule has 0 unspecified atom stereocenters. The number of carbonyl (C=O) groups is 1. The largest absolute Gasteiger partial charge is 0.351 e. The van der Waals surface area contributed by atoms with Crippen molar-refractivity contribution in [1.82, 2.24) is 15.4 Å². The number of likely N-dealkylation sites (tertiary alicyclic amines) is 1. The van der Waals surface area contributed by atoms with Gasteiger partial charge in [0.15, 0.2) is 0 Å². The molecule has 3 heterocycles. The second-order valence-electron chi connectivity index (χ2n) is 7.17. The van der Waals surface area contributed by atoms with Crippen LogP contribution < -0.4 is 5.32 Å². The first kappa shape index (κ1) is 15.4. The fraction of sp³-hybridized carbons (Fsp3) is 0.474. The molecule has 2 saturated heterocycles. The maximum Gasteiger partial charge on any atom is 0.293 e. The fourth-order valence-electron chi connectivity index (χ4n) is 4.01. The van der Waals surface area contributed by atoms with E-state index in [4.69, 9.17) is 4.52 Å². The Morgan fingerprint density at radius 2 is 2.08 bits per heavy atom. The molecule has 0 aliphatic carbocycles. The lowest BCUT2D eigenvalue weighted by molar-refractivity contribution is 0.0671. The van der Waals surface area contributed by atoms with Gasteiger partial charge < -0.3 is 14.7 Å². The average molecular weight is 325 g/mol. The Morgan fingerprint density at radius 3 is 2.79 bits per heavy atom. The number of carbonyl (C=O) groups excluding carboxylic acids is 1. The van der Waals surface area contributed by atoms with Crippen molar-refractivity contribution in [3.8, 4) is 0 Å². The number of fused-ring (bicyclic) bond motifs is 1. The number of aromatic nitrogens is 1. The first-order valence-electron chi connectivity index (χ1n) is 8.68. The van der Waals surface area contributed by atoms with Crippen LogP contribution in [0.4, 0.5) is 0 Å². The van der Waals surface area contributed by atoms with E-state index in [0.29, 0.717) is 17.6 Å². The predicted octanol–water partition coefficient (Wildman–Crippen LogP) is 2.83. The van der Waals surface area contributed by atoms with Gasteiger partial charge in [0.25, 0.3) is 5.91 Å². The van der Waals surface area contributed by atoms with Gasteiger partial charge in [-0.05, 0) is 17.4 Å². The van der Waals surface area contributed by atoms with Gasteiger partial charge in [-0.25, -0.2) is 0 Å². The van der Waals surface area contributed by atoms with Crippen molar-refractivity contribution < 1.29 is 9.32 Å². The molecule has 4 rings (SSSR count). The summed E-state index contributed by atoms with van der Waals surface area (Å²) in [5.74, 6) is 1.53. The number of benzene rings is 1. The van der Waals surface area contributed by atoms with E-state index in [2.05, 4.69) is 22.6 Å². The van der Waals surface area contributed by atoms with E-state index >= 15 is 0 Å². The third-order valence-corrected chi connectivity index (χ3v) is 5.30. The number of amides is 1. The standard InChI is InChI=1S/C19H23N3O2/c1-12(2)16-8-17(24-21-16)19(23)22-11-14-9-20-10-15(14)18(22)13-6-4-3-5-7-13/h3-8,12,14-15,18,20H,9-11H2,1-2H3/t14-,15-,18+/m0/s1. The van der Waals surface area contributed by atoms with Crippen LogP contribution >= 0.6 is 0 Å². The molecule has 0 bridgehead atoms. The quantitative estimate of drug-likeness (QED) is 0.943. The van der Waals surface area contributed by atoms with Crippen molar-refractivity contribution in [2.45, 2.75) is 25.8 Å². The van der Waals surface area contributed by atoms with Crippen molar-refractivity contribution in [3.05, 3.63) is 53.4 Å². The molecule has 24 heavy (non-hydrogen) atoms.